The molecular formula is C21H19N5O2S3. The molecule has 1 aliphatic heterocycles. The standard InChI is InChI=1S/C21H19N5O2S3/c1-12-4-6-13(7-5-12)14-9-29-19-17(14)20(23-11-22-19)30-10-16(27)24-21-26-25-18(31-21)15-3-2-8-28-15/h4-7,9,11,15H,2-3,8,10H2,1H3,(H,24,26,27). The lowest BCUT2D eigenvalue weighted by Crippen LogP contribution is -2.14. The van der Waals surface area contributed by atoms with Gasteiger partial charge in [-0.3, -0.25) is 10.1 Å². The summed E-state index contributed by atoms with van der Waals surface area (Å²) < 4.78 is 5.63. The van der Waals surface area contributed by atoms with Crippen LogP contribution >= 0.6 is 34.4 Å². The normalized spacial score (nSPS) is 16.1. The summed E-state index contributed by atoms with van der Waals surface area (Å²) >= 11 is 4.36. The third-order valence-electron chi connectivity index (χ3n) is 4.93. The maximum absolute atomic E-state index is 12.5. The zero-order valence-corrected chi connectivity index (χ0v) is 19.1. The lowest BCUT2D eigenvalue weighted by molar-refractivity contribution is -0.113. The molecule has 31 heavy (non-hydrogen) atoms. The number of rotatable bonds is 6. The fourth-order valence-corrected chi connectivity index (χ4v) is 6.02. The molecular weight excluding hydrogens is 450 g/mol. The van der Waals surface area contributed by atoms with Gasteiger partial charge < -0.3 is 4.74 Å². The van der Waals surface area contributed by atoms with Crippen LogP contribution in [0.5, 0.6) is 0 Å². The van der Waals surface area contributed by atoms with Crippen LogP contribution in [0, 0.1) is 6.92 Å². The third-order valence-corrected chi connectivity index (χ3v) is 7.74. The summed E-state index contributed by atoms with van der Waals surface area (Å²) in [4.78, 5) is 22.3. The van der Waals surface area contributed by atoms with E-state index in [9.17, 15) is 4.79 Å². The van der Waals surface area contributed by atoms with E-state index in [0.717, 1.165) is 50.8 Å². The van der Waals surface area contributed by atoms with E-state index in [4.69, 9.17) is 4.74 Å². The molecule has 1 aliphatic rings. The molecule has 5 rings (SSSR count). The number of aromatic nitrogens is 4. The smallest absolute Gasteiger partial charge is 0.236 e. The molecule has 3 aromatic heterocycles. The highest BCUT2D eigenvalue weighted by Crippen LogP contribution is 2.38. The van der Waals surface area contributed by atoms with Crippen molar-refractivity contribution in [2.45, 2.75) is 30.9 Å². The molecule has 1 aromatic carbocycles. The van der Waals surface area contributed by atoms with Crippen LogP contribution in [0.2, 0.25) is 0 Å². The molecule has 10 heteroatoms. The van der Waals surface area contributed by atoms with Gasteiger partial charge in [0.1, 0.15) is 27.3 Å². The van der Waals surface area contributed by atoms with Crippen LogP contribution in [0.3, 0.4) is 0 Å². The molecule has 0 aliphatic carbocycles. The molecule has 158 valence electrons. The second-order valence-corrected chi connectivity index (χ2v) is 9.99. The Balaban J connectivity index is 1.30. The van der Waals surface area contributed by atoms with E-state index in [-0.39, 0.29) is 17.8 Å². The lowest BCUT2D eigenvalue weighted by Gasteiger charge is -2.06. The molecule has 7 nitrogen and oxygen atoms in total. The quantitative estimate of drug-likeness (QED) is 0.310. The number of ether oxygens (including phenoxy) is 1. The predicted molar refractivity (Wildman–Crippen MR) is 125 cm³/mol. The summed E-state index contributed by atoms with van der Waals surface area (Å²) in [6.45, 7) is 2.82. The van der Waals surface area contributed by atoms with Crippen LogP contribution in [0.1, 0.15) is 29.5 Å². The Labute approximate surface area is 191 Å². The van der Waals surface area contributed by atoms with Crippen LogP contribution in [-0.4, -0.2) is 38.4 Å². The van der Waals surface area contributed by atoms with Crippen molar-refractivity contribution in [3.05, 3.63) is 46.5 Å². The topological polar surface area (TPSA) is 89.9 Å². The number of hydrogen-bond acceptors (Lipinski definition) is 9. The minimum atomic E-state index is -0.140. The van der Waals surface area contributed by atoms with Crippen molar-refractivity contribution in [3.63, 3.8) is 0 Å². The first kappa shape index (κ1) is 20.5. The van der Waals surface area contributed by atoms with Gasteiger partial charge in [-0.25, -0.2) is 9.97 Å². The molecule has 4 aromatic rings. The van der Waals surface area contributed by atoms with Crippen LogP contribution in [0.25, 0.3) is 21.3 Å². The van der Waals surface area contributed by atoms with Crippen molar-refractivity contribution < 1.29 is 9.53 Å². The van der Waals surface area contributed by atoms with Gasteiger partial charge in [0.2, 0.25) is 11.0 Å². The average Bonchev–Trinajstić information content (AvgIpc) is 3.53. The number of nitrogens with zero attached hydrogens (tertiary/aromatic N) is 4. The summed E-state index contributed by atoms with van der Waals surface area (Å²) in [5.41, 5.74) is 3.42. The number of thioether (sulfide) groups is 1. The van der Waals surface area contributed by atoms with Crippen molar-refractivity contribution in [2.75, 3.05) is 17.7 Å². The first-order valence-electron chi connectivity index (χ1n) is 9.84. The SMILES string of the molecule is Cc1ccc(-c2csc3ncnc(SCC(=O)Nc4nnc(C5CCCO5)s4)c23)cc1. The minimum Gasteiger partial charge on any atom is -0.371 e. The Kier molecular flexibility index (Phi) is 5.95. The number of thiophene rings is 1. The van der Waals surface area contributed by atoms with Gasteiger partial charge in [-0.05, 0) is 25.3 Å². The first-order chi connectivity index (χ1) is 15.2. The molecule has 0 saturated carbocycles. The Bertz CT molecular complexity index is 1220. The number of anilines is 1. The van der Waals surface area contributed by atoms with Gasteiger partial charge in [0.15, 0.2) is 0 Å². The highest BCUT2D eigenvalue weighted by molar-refractivity contribution is 8.00. The maximum Gasteiger partial charge on any atom is 0.236 e. The number of carbonyl (C=O) groups excluding carboxylic acids is 1. The number of nitrogens with one attached hydrogen (secondary N) is 1. The van der Waals surface area contributed by atoms with Crippen LogP contribution in [0.15, 0.2) is 41.0 Å². The highest BCUT2D eigenvalue weighted by Gasteiger charge is 2.22. The molecule has 1 unspecified atom stereocenters. The Morgan fingerprint density at radius 2 is 2.13 bits per heavy atom. The summed E-state index contributed by atoms with van der Waals surface area (Å²) in [7, 11) is 0. The molecule has 0 radical (unpaired) electrons. The van der Waals surface area contributed by atoms with E-state index in [1.54, 1.807) is 17.7 Å². The largest absolute Gasteiger partial charge is 0.371 e. The molecule has 1 amide bonds. The molecule has 1 N–H and O–H groups in total. The summed E-state index contributed by atoms with van der Waals surface area (Å²) in [6, 6.07) is 8.39. The molecule has 1 saturated heterocycles. The third kappa shape index (κ3) is 4.47. The summed E-state index contributed by atoms with van der Waals surface area (Å²) in [5, 5.41) is 16.3. The molecule has 4 heterocycles. The van der Waals surface area contributed by atoms with Gasteiger partial charge in [-0.15, -0.1) is 21.5 Å². The summed E-state index contributed by atoms with van der Waals surface area (Å²) in [6.07, 6.45) is 3.54. The van der Waals surface area contributed by atoms with Crippen LogP contribution in [-0.2, 0) is 9.53 Å². The zero-order chi connectivity index (χ0) is 21.2. The van der Waals surface area contributed by atoms with Gasteiger partial charge in [0.25, 0.3) is 0 Å². The van der Waals surface area contributed by atoms with Crippen molar-refractivity contribution >= 4 is 55.7 Å². The lowest BCUT2D eigenvalue weighted by atomic mass is 10.1. The Morgan fingerprint density at radius 1 is 1.26 bits per heavy atom. The molecule has 0 spiro atoms. The zero-order valence-electron chi connectivity index (χ0n) is 16.7. The van der Waals surface area contributed by atoms with Gasteiger partial charge >= 0.3 is 0 Å². The number of hydrogen-bond donors (Lipinski definition) is 1. The van der Waals surface area contributed by atoms with Crippen LogP contribution in [0.4, 0.5) is 5.13 Å². The number of aryl methyl sites for hydroxylation is 1. The average molecular weight is 470 g/mol. The van der Waals surface area contributed by atoms with E-state index in [1.165, 1.54) is 28.7 Å². The van der Waals surface area contributed by atoms with Gasteiger partial charge in [0, 0.05) is 17.6 Å². The first-order valence-corrected chi connectivity index (χ1v) is 12.5. The van der Waals surface area contributed by atoms with E-state index in [1.807, 2.05) is 0 Å². The van der Waals surface area contributed by atoms with Crippen LogP contribution < -0.4 is 5.32 Å². The number of amides is 1. The molecule has 1 atom stereocenters. The minimum absolute atomic E-state index is 0.00520. The van der Waals surface area contributed by atoms with Crippen molar-refractivity contribution in [3.8, 4) is 11.1 Å². The fourth-order valence-electron chi connectivity index (χ4n) is 3.38. The van der Waals surface area contributed by atoms with E-state index < -0.39 is 0 Å². The van der Waals surface area contributed by atoms with E-state index in [2.05, 4.69) is 62.1 Å². The second kappa shape index (κ2) is 8.99. The second-order valence-electron chi connectivity index (χ2n) is 7.16. The van der Waals surface area contributed by atoms with Crippen molar-refractivity contribution in [2.24, 2.45) is 0 Å². The predicted octanol–water partition coefficient (Wildman–Crippen LogP) is 5.10. The molecule has 0 bridgehead atoms. The molecule has 1 fully saturated rings. The maximum atomic E-state index is 12.5. The summed E-state index contributed by atoms with van der Waals surface area (Å²) in [5.74, 6) is 0.0864. The Hall–Kier alpha value is -2.40. The van der Waals surface area contributed by atoms with Crippen molar-refractivity contribution in [1.82, 2.24) is 20.2 Å². The van der Waals surface area contributed by atoms with Gasteiger partial charge in [0.05, 0.1) is 11.1 Å². The number of fused-ring (bicyclic) bond motifs is 1. The fraction of sp³-hybridized carbons (Fsp3) is 0.286. The van der Waals surface area contributed by atoms with Gasteiger partial charge in [-0.2, -0.15) is 0 Å². The number of carbonyl (C=O) groups is 1. The van der Waals surface area contributed by atoms with E-state index >= 15 is 0 Å². The highest BCUT2D eigenvalue weighted by atomic mass is 32.2. The van der Waals surface area contributed by atoms with Crippen molar-refractivity contribution in [1.29, 1.82) is 0 Å². The monoisotopic (exact) mass is 469 g/mol. The number of benzene rings is 1. The Morgan fingerprint density at radius 3 is 2.94 bits per heavy atom. The van der Waals surface area contributed by atoms with Gasteiger partial charge in [-0.1, -0.05) is 52.9 Å². The van der Waals surface area contributed by atoms with E-state index in [0.29, 0.717) is 5.13 Å².